The lowest BCUT2D eigenvalue weighted by molar-refractivity contribution is 0.0946. The Kier molecular flexibility index (Phi) is 5.13. The molecule has 1 aliphatic carbocycles. The lowest BCUT2D eigenvalue weighted by Gasteiger charge is -2.14. The maximum Gasteiger partial charge on any atom is 0.270 e. The lowest BCUT2D eigenvalue weighted by Crippen LogP contribution is -2.24. The van der Waals surface area contributed by atoms with E-state index in [1.165, 1.54) is 25.7 Å². The van der Waals surface area contributed by atoms with Gasteiger partial charge in [-0.1, -0.05) is 36.6 Å². The predicted molar refractivity (Wildman–Crippen MR) is 92.7 cm³/mol. The zero-order valence-corrected chi connectivity index (χ0v) is 13.6. The van der Waals surface area contributed by atoms with Gasteiger partial charge < -0.3 is 10.6 Å². The SMILES string of the molecule is O=C(NCc1ccc(Cl)cc1)c1cc(NC2CCCC2)ccn1. The first-order valence-corrected chi connectivity index (χ1v) is 8.34. The molecule has 2 aromatic rings. The summed E-state index contributed by atoms with van der Waals surface area (Å²) in [4.78, 5) is 16.4. The van der Waals surface area contributed by atoms with Gasteiger partial charge in [0.1, 0.15) is 5.69 Å². The summed E-state index contributed by atoms with van der Waals surface area (Å²) in [5.74, 6) is -0.171. The van der Waals surface area contributed by atoms with Gasteiger partial charge in [0, 0.05) is 29.5 Å². The number of hydrogen-bond donors (Lipinski definition) is 2. The molecule has 0 aliphatic heterocycles. The number of aromatic nitrogens is 1. The van der Waals surface area contributed by atoms with Crippen molar-refractivity contribution in [3.63, 3.8) is 0 Å². The molecule has 23 heavy (non-hydrogen) atoms. The van der Waals surface area contributed by atoms with Crippen LogP contribution in [0, 0.1) is 0 Å². The van der Waals surface area contributed by atoms with Crippen LogP contribution in [0.15, 0.2) is 42.6 Å². The molecular weight excluding hydrogens is 310 g/mol. The average molecular weight is 330 g/mol. The summed E-state index contributed by atoms with van der Waals surface area (Å²) in [7, 11) is 0. The highest BCUT2D eigenvalue weighted by atomic mass is 35.5. The fourth-order valence-electron chi connectivity index (χ4n) is 2.83. The number of benzene rings is 1. The quantitative estimate of drug-likeness (QED) is 0.871. The normalized spacial score (nSPS) is 14.7. The van der Waals surface area contributed by atoms with Crippen LogP contribution in [0.5, 0.6) is 0 Å². The second-order valence-corrected chi connectivity index (χ2v) is 6.30. The van der Waals surface area contributed by atoms with Crippen molar-refractivity contribution in [1.29, 1.82) is 0 Å². The van der Waals surface area contributed by atoms with E-state index in [-0.39, 0.29) is 5.91 Å². The molecule has 3 rings (SSSR count). The van der Waals surface area contributed by atoms with Crippen LogP contribution in [0.3, 0.4) is 0 Å². The van der Waals surface area contributed by atoms with Crippen LogP contribution < -0.4 is 10.6 Å². The summed E-state index contributed by atoms with van der Waals surface area (Å²) in [5.41, 5.74) is 2.40. The van der Waals surface area contributed by atoms with Crippen molar-refractivity contribution in [1.82, 2.24) is 10.3 Å². The third-order valence-corrected chi connectivity index (χ3v) is 4.34. The van der Waals surface area contributed by atoms with Gasteiger partial charge in [0.15, 0.2) is 0 Å². The Hall–Kier alpha value is -2.07. The molecule has 0 bridgehead atoms. The molecule has 5 heteroatoms. The van der Waals surface area contributed by atoms with Crippen LogP contribution in [0.2, 0.25) is 5.02 Å². The summed E-state index contributed by atoms with van der Waals surface area (Å²) in [6.07, 6.45) is 6.61. The van der Waals surface area contributed by atoms with Crippen molar-refractivity contribution >= 4 is 23.2 Å². The molecule has 0 saturated heterocycles. The monoisotopic (exact) mass is 329 g/mol. The van der Waals surface area contributed by atoms with Crippen molar-refractivity contribution in [3.05, 3.63) is 58.9 Å². The van der Waals surface area contributed by atoms with Gasteiger partial charge in [-0.15, -0.1) is 0 Å². The van der Waals surface area contributed by atoms with E-state index in [0.717, 1.165) is 11.3 Å². The average Bonchev–Trinajstić information content (AvgIpc) is 3.07. The number of amides is 1. The molecule has 1 aliphatic rings. The number of nitrogens with one attached hydrogen (secondary N) is 2. The number of pyridine rings is 1. The van der Waals surface area contributed by atoms with E-state index in [1.54, 1.807) is 6.20 Å². The maximum absolute atomic E-state index is 12.2. The molecule has 1 aromatic heterocycles. The maximum atomic E-state index is 12.2. The number of carbonyl (C=O) groups is 1. The van der Waals surface area contributed by atoms with Gasteiger partial charge in [-0.05, 0) is 42.7 Å². The van der Waals surface area contributed by atoms with Crippen molar-refractivity contribution in [2.24, 2.45) is 0 Å². The van der Waals surface area contributed by atoms with Crippen molar-refractivity contribution in [2.75, 3.05) is 5.32 Å². The Balaban J connectivity index is 1.59. The van der Waals surface area contributed by atoms with E-state index < -0.39 is 0 Å². The minimum Gasteiger partial charge on any atom is -0.382 e. The van der Waals surface area contributed by atoms with Gasteiger partial charge in [-0.3, -0.25) is 9.78 Å². The minimum atomic E-state index is -0.171. The lowest BCUT2D eigenvalue weighted by atomic mass is 10.2. The smallest absolute Gasteiger partial charge is 0.270 e. The van der Waals surface area contributed by atoms with Crippen LogP contribution >= 0.6 is 11.6 Å². The van der Waals surface area contributed by atoms with E-state index in [4.69, 9.17) is 11.6 Å². The van der Waals surface area contributed by atoms with Crippen LogP contribution in [-0.2, 0) is 6.54 Å². The molecule has 1 fully saturated rings. The van der Waals surface area contributed by atoms with E-state index in [2.05, 4.69) is 15.6 Å². The molecule has 1 amide bonds. The molecule has 0 spiro atoms. The molecule has 0 atom stereocenters. The number of rotatable bonds is 5. The predicted octanol–water partition coefficient (Wildman–Crippen LogP) is 4.02. The van der Waals surface area contributed by atoms with E-state index >= 15 is 0 Å². The zero-order chi connectivity index (χ0) is 16.1. The number of hydrogen-bond acceptors (Lipinski definition) is 3. The molecule has 120 valence electrons. The summed E-state index contributed by atoms with van der Waals surface area (Å²) in [6.45, 7) is 0.456. The van der Waals surface area contributed by atoms with Gasteiger partial charge in [-0.2, -0.15) is 0 Å². The second kappa shape index (κ2) is 7.47. The third-order valence-electron chi connectivity index (χ3n) is 4.08. The van der Waals surface area contributed by atoms with Gasteiger partial charge in [-0.25, -0.2) is 0 Å². The molecule has 1 aromatic carbocycles. The first-order valence-electron chi connectivity index (χ1n) is 7.96. The molecule has 1 saturated carbocycles. The zero-order valence-electron chi connectivity index (χ0n) is 12.9. The van der Waals surface area contributed by atoms with Crippen LogP contribution in [0.25, 0.3) is 0 Å². The van der Waals surface area contributed by atoms with Crippen molar-refractivity contribution in [2.45, 2.75) is 38.3 Å². The molecule has 4 nitrogen and oxygen atoms in total. The number of halogens is 1. The second-order valence-electron chi connectivity index (χ2n) is 5.86. The highest BCUT2D eigenvalue weighted by molar-refractivity contribution is 6.30. The van der Waals surface area contributed by atoms with Crippen molar-refractivity contribution < 1.29 is 4.79 Å². The highest BCUT2D eigenvalue weighted by Gasteiger charge is 2.15. The fraction of sp³-hybridized carbons (Fsp3) is 0.333. The van der Waals surface area contributed by atoms with E-state index in [9.17, 15) is 4.79 Å². The fourth-order valence-corrected chi connectivity index (χ4v) is 2.95. The Labute approximate surface area is 141 Å². The Bertz CT molecular complexity index is 666. The summed E-state index contributed by atoms with van der Waals surface area (Å²) in [6, 6.07) is 11.7. The van der Waals surface area contributed by atoms with Crippen molar-refractivity contribution in [3.8, 4) is 0 Å². The topological polar surface area (TPSA) is 54.0 Å². The van der Waals surface area contributed by atoms with Crippen LogP contribution in [-0.4, -0.2) is 16.9 Å². The third kappa shape index (κ3) is 4.45. The van der Waals surface area contributed by atoms with Crippen LogP contribution in [0.1, 0.15) is 41.7 Å². The molecular formula is C18H20ClN3O. The van der Waals surface area contributed by atoms with Gasteiger partial charge in [0.05, 0.1) is 0 Å². The van der Waals surface area contributed by atoms with E-state index in [1.807, 2.05) is 36.4 Å². The van der Waals surface area contributed by atoms with Gasteiger partial charge in [0.25, 0.3) is 5.91 Å². The number of carbonyl (C=O) groups excluding carboxylic acids is 1. The first-order chi connectivity index (χ1) is 11.2. The number of anilines is 1. The largest absolute Gasteiger partial charge is 0.382 e. The minimum absolute atomic E-state index is 0.171. The van der Waals surface area contributed by atoms with Gasteiger partial charge >= 0.3 is 0 Å². The van der Waals surface area contributed by atoms with E-state index in [0.29, 0.717) is 23.3 Å². The summed E-state index contributed by atoms with van der Waals surface area (Å²) in [5, 5.41) is 7.05. The standard InChI is InChI=1S/C18H20ClN3O/c19-14-7-5-13(6-8-14)12-21-18(23)17-11-16(9-10-20-17)22-15-3-1-2-4-15/h5-11,15H,1-4,12H2,(H,20,22)(H,21,23). The molecule has 1 heterocycles. The summed E-state index contributed by atoms with van der Waals surface area (Å²) < 4.78 is 0. The molecule has 0 radical (unpaired) electrons. The van der Waals surface area contributed by atoms with Gasteiger partial charge in [0.2, 0.25) is 0 Å². The highest BCUT2D eigenvalue weighted by Crippen LogP contribution is 2.22. The Morgan fingerprint density at radius 3 is 2.65 bits per heavy atom. The Morgan fingerprint density at radius 1 is 1.17 bits per heavy atom. The molecule has 2 N–H and O–H groups in total. The Morgan fingerprint density at radius 2 is 1.91 bits per heavy atom. The first kappa shape index (κ1) is 15.8. The van der Waals surface area contributed by atoms with Crippen LogP contribution in [0.4, 0.5) is 5.69 Å². The number of nitrogens with zero attached hydrogens (tertiary/aromatic N) is 1. The molecule has 0 unspecified atom stereocenters. The summed E-state index contributed by atoms with van der Waals surface area (Å²) >= 11 is 5.85.